The molecule has 2 aromatic carbocycles. The molecule has 0 saturated heterocycles. The van der Waals surface area contributed by atoms with Crippen LogP contribution in [0.1, 0.15) is 24.8 Å². The summed E-state index contributed by atoms with van der Waals surface area (Å²) in [6, 6.07) is 19.3. The molecule has 1 aliphatic rings. The van der Waals surface area contributed by atoms with E-state index in [0.717, 1.165) is 30.8 Å². The van der Waals surface area contributed by atoms with Gasteiger partial charge in [-0.1, -0.05) is 60.7 Å². The van der Waals surface area contributed by atoms with E-state index in [1.165, 1.54) is 23.8 Å². The van der Waals surface area contributed by atoms with Gasteiger partial charge in [0.2, 0.25) is 0 Å². The second-order valence-corrected chi connectivity index (χ2v) is 8.02. The SMILES string of the molecule is C=CCSCC1(c2ccc(-c3ccccc3)cc2)CCC(C(=O)OC)C1. The van der Waals surface area contributed by atoms with Crippen LogP contribution in [0.4, 0.5) is 0 Å². The van der Waals surface area contributed by atoms with Gasteiger partial charge in [0, 0.05) is 16.9 Å². The predicted molar refractivity (Wildman–Crippen MR) is 110 cm³/mol. The van der Waals surface area contributed by atoms with Crippen LogP contribution in [0.5, 0.6) is 0 Å². The van der Waals surface area contributed by atoms with Crippen LogP contribution in [0, 0.1) is 5.92 Å². The van der Waals surface area contributed by atoms with E-state index in [-0.39, 0.29) is 17.3 Å². The number of methoxy groups -OCH3 is 1. The fourth-order valence-corrected chi connectivity index (χ4v) is 5.06. The highest BCUT2D eigenvalue weighted by atomic mass is 32.2. The molecule has 3 rings (SSSR count). The lowest BCUT2D eigenvalue weighted by Gasteiger charge is -2.30. The van der Waals surface area contributed by atoms with E-state index < -0.39 is 0 Å². The van der Waals surface area contributed by atoms with E-state index in [9.17, 15) is 4.79 Å². The standard InChI is InChI=1S/C23H26O2S/c1-3-15-26-17-23(14-13-20(16-23)22(24)25-2)21-11-9-19(10-12-21)18-7-5-4-6-8-18/h3-12,20H,1,13-17H2,2H3. The Bertz CT molecular complexity index is 739. The number of rotatable bonds is 7. The highest BCUT2D eigenvalue weighted by molar-refractivity contribution is 7.99. The summed E-state index contributed by atoms with van der Waals surface area (Å²) in [6.07, 6.45) is 4.75. The highest BCUT2D eigenvalue weighted by Gasteiger charge is 2.43. The third kappa shape index (κ3) is 4.04. The Morgan fingerprint density at radius 3 is 2.54 bits per heavy atom. The van der Waals surface area contributed by atoms with Crippen LogP contribution in [0.25, 0.3) is 11.1 Å². The Morgan fingerprint density at radius 1 is 1.19 bits per heavy atom. The molecule has 26 heavy (non-hydrogen) atoms. The van der Waals surface area contributed by atoms with Crippen molar-refractivity contribution in [1.29, 1.82) is 0 Å². The quantitative estimate of drug-likeness (QED) is 0.368. The first-order valence-electron chi connectivity index (χ1n) is 9.11. The molecule has 136 valence electrons. The fraction of sp³-hybridized carbons (Fsp3) is 0.348. The molecule has 1 fully saturated rings. The van der Waals surface area contributed by atoms with Crippen LogP contribution in [-0.4, -0.2) is 24.6 Å². The number of carbonyl (C=O) groups excluding carboxylic acids is 1. The minimum absolute atomic E-state index is 0.0122. The van der Waals surface area contributed by atoms with Gasteiger partial charge in [-0.05, 0) is 36.0 Å². The minimum Gasteiger partial charge on any atom is -0.469 e. The van der Waals surface area contributed by atoms with E-state index in [1.807, 2.05) is 23.9 Å². The van der Waals surface area contributed by atoms with Crippen LogP contribution in [-0.2, 0) is 14.9 Å². The minimum atomic E-state index is -0.0681. The van der Waals surface area contributed by atoms with E-state index in [0.29, 0.717) is 0 Å². The monoisotopic (exact) mass is 366 g/mol. The summed E-state index contributed by atoms with van der Waals surface area (Å²) in [5.74, 6) is 1.89. The molecule has 2 atom stereocenters. The molecule has 0 aromatic heterocycles. The molecule has 3 heteroatoms. The number of hydrogen-bond acceptors (Lipinski definition) is 3. The first kappa shape index (κ1) is 18.8. The lowest BCUT2D eigenvalue weighted by Crippen LogP contribution is -2.27. The second kappa shape index (κ2) is 8.59. The number of esters is 1. The van der Waals surface area contributed by atoms with Gasteiger partial charge in [0.05, 0.1) is 13.0 Å². The lowest BCUT2D eigenvalue weighted by atomic mass is 9.79. The zero-order valence-electron chi connectivity index (χ0n) is 15.3. The predicted octanol–water partition coefficient (Wildman–Crippen LogP) is 5.48. The fourth-order valence-electron chi connectivity index (χ4n) is 3.96. The summed E-state index contributed by atoms with van der Waals surface area (Å²) in [7, 11) is 1.49. The Morgan fingerprint density at radius 2 is 1.88 bits per heavy atom. The summed E-state index contributed by atoms with van der Waals surface area (Å²) < 4.78 is 5.00. The van der Waals surface area contributed by atoms with Crippen molar-refractivity contribution < 1.29 is 9.53 Å². The highest BCUT2D eigenvalue weighted by Crippen LogP contribution is 2.47. The molecule has 0 heterocycles. The van der Waals surface area contributed by atoms with Crippen molar-refractivity contribution in [3.63, 3.8) is 0 Å². The molecular weight excluding hydrogens is 340 g/mol. The first-order chi connectivity index (χ1) is 12.7. The average Bonchev–Trinajstić information content (AvgIpc) is 3.14. The van der Waals surface area contributed by atoms with Crippen LogP contribution < -0.4 is 0 Å². The van der Waals surface area contributed by atoms with Gasteiger partial charge in [-0.25, -0.2) is 0 Å². The van der Waals surface area contributed by atoms with E-state index in [4.69, 9.17) is 4.74 Å². The summed E-state index contributed by atoms with van der Waals surface area (Å²) >= 11 is 1.90. The van der Waals surface area contributed by atoms with Crippen molar-refractivity contribution >= 4 is 17.7 Å². The summed E-state index contributed by atoms with van der Waals surface area (Å²) in [5.41, 5.74) is 3.83. The Kier molecular flexibility index (Phi) is 6.20. The van der Waals surface area contributed by atoms with Gasteiger partial charge >= 0.3 is 5.97 Å². The molecule has 2 unspecified atom stereocenters. The summed E-state index contributed by atoms with van der Waals surface area (Å²) in [6.45, 7) is 3.83. The zero-order valence-corrected chi connectivity index (χ0v) is 16.1. The van der Waals surface area contributed by atoms with Crippen LogP contribution in [0.3, 0.4) is 0 Å². The number of ether oxygens (including phenoxy) is 1. The maximum absolute atomic E-state index is 12.1. The van der Waals surface area contributed by atoms with Gasteiger partial charge < -0.3 is 4.74 Å². The zero-order chi connectivity index (χ0) is 18.4. The molecule has 0 aliphatic heterocycles. The summed E-state index contributed by atoms with van der Waals surface area (Å²) in [5, 5.41) is 0. The lowest BCUT2D eigenvalue weighted by molar-refractivity contribution is -0.145. The Labute approximate surface area is 160 Å². The van der Waals surface area contributed by atoms with Gasteiger partial charge in [0.15, 0.2) is 0 Å². The van der Waals surface area contributed by atoms with E-state index in [1.54, 1.807) is 0 Å². The molecular formula is C23H26O2S. The van der Waals surface area contributed by atoms with Gasteiger partial charge in [0.1, 0.15) is 0 Å². The van der Waals surface area contributed by atoms with Gasteiger partial charge in [-0.2, -0.15) is 11.8 Å². The van der Waals surface area contributed by atoms with Crippen molar-refractivity contribution in [2.75, 3.05) is 18.6 Å². The third-order valence-corrected chi connectivity index (χ3v) is 6.59. The normalized spacial score (nSPS) is 22.1. The number of benzene rings is 2. The van der Waals surface area contributed by atoms with E-state index >= 15 is 0 Å². The molecule has 1 aliphatic carbocycles. The van der Waals surface area contributed by atoms with Crippen molar-refractivity contribution in [2.45, 2.75) is 24.7 Å². The maximum Gasteiger partial charge on any atom is 0.308 e. The van der Waals surface area contributed by atoms with E-state index in [2.05, 4.69) is 55.1 Å². The second-order valence-electron chi connectivity index (χ2n) is 6.99. The average molecular weight is 367 g/mol. The topological polar surface area (TPSA) is 26.3 Å². The Hall–Kier alpha value is -2.00. The molecule has 0 amide bonds. The largest absolute Gasteiger partial charge is 0.469 e. The van der Waals surface area contributed by atoms with Crippen molar-refractivity contribution in [1.82, 2.24) is 0 Å². The van der Waals surface area contributed by atoms with Crippen molar-refractivity contribution in [3.8, 4) is 11.1 Å². The molecule has 0 spiro atoms. The van der Waals surface area contributed by atoms with Crippen molar-refractivity contribution in [3.05, 3.63) is 72.8 Å². The molecule has 0 radical (unpaired) electrons. The van der Waals surface area contributed by atoms with Crippen LogP contribution in [0.2, 0.25) is 0 Å². The summed E-state index contributed by atoms with van der Waals surface area (Å²) in [4.78, 5) is 12.1. The maximum atomic E-state index is 12.1. The van der Waals surface area contributed by atoms with Gasteiger partial charge in [0.25, 0.3) is 0 Å². The smallest absolute Gasteiger partial charge is 0.308 e. The van der Waals surface area contributed by atoms with Crippen LogP contribution >= 0.6 is 11.8 Å². The molecule has 0 bridgehead atoms. The molecule has 2 nitrogen and oxygen atoms in total. The molecule has 1 saturated carbocycles. The van der Waals surface area contributed by atoms with Crippen LogP contribution in [0.15, 0.2) is 67.3 Å². The number of carbonyl (C=O) groups is 1. The number of thioether (sulfide) groups is 1. The molecule has 0 N–H and O–H groups in total. The van der Waals surface area contributed by atoms with Gasteiger partial charge in [-0.15, -0.1) is 6.58 Å². The molecule has 2 aromatic rings. The van der Waals surface area contributed by atoms with Crippen molar-refractivity contribution in [2.24, 2.45) is 5.92 Å². The number of hydrogen-bond donors (Lipinski definition) is 0. The third-order valence-electron chi connectivity index (χ3n) is 5.36. The Balaban J connectivity index is 1.85. The first-order valence-corrected chi connectivity index (χ1v) is 10.3. The van der Waals surface area contributed by atoms with Gasteiger partial charge in [-0.3, -0.25) is 4.79 Å².